The highest BCUT2D eigenvalue weighted by molar-refractivity contribution is 9.10. The molecule has 0 amide bonds. The third kappa shape index (κ3) is 1.72. The maximum atomic E-state index is 5.95. The number of aromatic amines is 1. The Balaban J connectivity index is 2.11. The van der Waals surface area contributed by atoms with Crippen LogP contribution in [0.2, 0.25) is 0 Å². The van der Waals surface area contributed by atoms with Gasteiger partial charge in [0, 0.05) is 4.47 Å². The molecule has 0 aliphatic carbocycles. The summed E-state index contributed by atoms with van der Waals surface area (Å²) in [4.78, 5) is 7.99. The van der Waals surface area contributed by atoms with Crippen LogP contribution in [0.3, 0.4) is 0 Å². The summed E-state index contributed by atoms with van der Waals surface area (Å²) in [6.45, 7) is 0. The van der Waals surface area contributed by atoms with E-state index in [1.165, 1.54) is 18.6 Å². The van der Waals surface area contributed by atoms with Crippen LogP contribution >= 0.6 is 27.7 Å². The zero-order chi connectivity index (χ0) is 11.1. The fourth-order valence-electron chi connectivity index (χ4n) is 2.07. The molecule has 0 bridgehead atoms. The summed E-state index contributed by atoms with van der Waals surface area (Å²) >= 11 is 5.42. The number of hydrogen-bond acceptors (Lipinski definition) is 3. The number of hydrogen-bond donors (Lipinski definition) is 2. The zero-order valence-corrected chi connectivity index (χ0v) is 11.1. The van der Waals surface area contributed by atoms with E-state index in [-0.39, 0.29) is 0 Å². The largest absolute Gasteiger partial charge is 0.397 e. The normalized spacial score (nSPS) is 20.7. The number of aromatic nitrogens is 2. The monoisotopic (exact) mass is 297 g/mol. The molecule has 1 aliphatic heterocycles. The van der Waals surface area contributed by atoms with E-state index in [1.807, 2.05) is 23.9 Å². The molecule has 1 aromatic carbocycles. The van der Waals surface area contributed by atoms with E-state index in [2.05, 4.69) is 25.9 Å². The summed E-state index contributed by atoms with van der Waals surface area (Å²) in [5, 5.41) is 0.519. The Kier molecular flexibility index (Phi) is 2.59. The minimum absolute atomic E-state index is 0.519. The standard InChI is InChI=1S/C11H12BrN3S/c12-6-4-7(13)10-8(5-6)14-11(15-10)9-2-1-3-16-9/h4-5,9H,1-3,13H2,(H,14,15). The number of fused-ring (bicyclic) bond motifs is 1. The summed E-state index contributed by atoms with van der Waals surface area (Å²) in [6.07, 6.45) is 2.50. The van der Waals surface area contributed by atoms with E-state index < -0.39 is 0 Å². The first-order valence-corrected chi connectivity index (χ1v) is 7.14. The van der Waals surface area contributed by atoms with Crippen LogP contribution in [0.15, 0.2) is 16.6 Å². The Morgan fingerprint density at radius 1 is 1.50 bits per heavy atom. The molecule has 5 heteroatoms. The predicted molar refractivity (Wildman–Crippen MR) is 72.6 cm³/mol. The second kappa shape index (κ2) is 3.96. The van der Waals surface area contributed by atoms with Crippen molar-refractivity contribution in [3.63, 3.8) is 0 Å². The molecular formula is C11H12BrN3S. The van der Waals surface area contributed by atoms with Crippen molar-refractivity contribution in [1.82, 2.24) is 9.97 Å². The molecule has 3 nitrogen and oxygen atoms in total. The molecule has 3 rings (SSSR count). The molecule has 0 saturated carbocycles. The molecule has 1 unspecified atom stereocenters. The first-order chi connectivity index (χ1) is 7.74. The molecule has 1 aromatic heterocycles. The van der Waals surface area contributed by atoms with Gasteiger partial charge < -0.3 is 10.7 Å². The number of anilines is 1. The van der Waals surface area contributed by atoms with Crippen LogP contribution in [-0.4, -0.2) is 15.7 Å². The van der Waals surface area contributed by atoms with Crippen molar-refractivity contribution in [2.75, 3.05) is 11.5 Å². The van der Waals surface area contributed by atoms with Crippen molar-refractivity contribution in [1.29, 1.82) is 0 Å². The minimum Gasteiger partial charge on any atom is -0.397 e. The summed E-state index contributed by atoms with van der Waals surface area (Å²) in [7, 11) is 0. The average Bonchev–Trinajstić information content (AvgIpc) is 2.82. The van der Waals surface area contributed by atoms with Gasteiger partial charge in [0.2, 0.25) is 0 Å². The highest BCUT2D eigenvalue weighted by Crippen LogP contribution is 2.39. The summed E-state index contributed by atoms with van der Waals surface area (Å²) in [5.74, 6) is 2.31. The van der Waals surface area contributed by atoms with Crippen molar-refractivity contribution >= 4 is 44.4 Å². The smallest absolute Gasteiger partial charge is 0.120 e. The molecule has 1 aliphatic rings. The van der Waals surface area contributed by atoms with Gasteiger partial charge in [0.25, 0.3) is 0 Å². The van der Waals surface area contributed by atoms with Gasteiger partial charge in [-0.05, 0) is 30.7 Å². The Morgan fingerprint density at radius 3 is 3.12 bits per heavy atom. The molecule has 3 N–H and O–H groups in total. The number of nitrogens with one attached hydrogen (secondary N) is 1. The van der Waals surface area contributed by atoms with Gasteiger partial charge >= 0.3 is 0 Å². The second-order valence-corrected chi connectivity index (χ2v) is 6.24. The van der Waals surface area contributed by atoms with Crippen LogP contribution in [0.5, 0.6) is 0 Å². The van der Waals surface area contributed by atoms with E-state index in [1.54, 1.807) is 0 Å². The van der Waals surface area contributed by atoms with Gasteiger partial charge in [0.1, 0.15) is 11.3 Å². The molecule has 1 atom stereocenters. The number of imidazole rings is 1. The van der Waals surface area contributed by atoms with Crippen molar-refractivity contribution in [2.45, 2.75) is 18.1 Å². The van der Waals surface area contributed by atoms with Gasteiger partial charge in [-0.3, -0.25) is 0 Å². The van der Waals surface area contributed by atoms with E-state index in [9.17, 15) is 0 Å². The lowest BCUT2D eigenvalue weighted by molar-refractivity contribution is 0.793. The topological polar surface area (TPSA) is 54.7 Å². The van der Waals surface area contributed by atoms with Crippen molar-refractivity contribution in [2.24, 2.45) is 0 Å². The third-order valence-electron chi connectivity index (χ3n) is 2.83. The number of nitrogens with two attached hydrogens (primary N) is 1. The Morgan fingerprint density at radius 2 is 2.38 bits per heavy atom. The first kappa shape index (κ1) is 10.5. The van der Waals surface area contributed by atoms with Crippen LogP contribution < -0.4 is 5.73 Å². The van der Waals surface area contributed by atoms with Crippen molar-refractivity contribution < 1.29 is 0 Å². The predicted octanol–water partition coefficient (Wildman–Crippen LogP) is 3.48. The number of H-pyrrole nitrogens is 1. The Bertz CT molecular complexity index is 531. The van der Waals surface area contributed by atoms with Gasteiger partial charge in [0.05, 0.1) is 16.5 Å². The second-order valence-electron chi connectivity index (χ2n) is 4.01. The van der Waals surface area contributed by atoms with E-state index in [0.29, 0.717) is 5.25 Å². The summed E-state index contributed by atoms with van der Waals surface area (Å²) in [5.41, 5.74) is 8.60. The van der Waals surface area contributed by atoms with Crippen LogP contribution in [0.25, 0.3) is 11.0 Å². The van der Waals surface area contributed by atoms with E-state index >= 15 is 0 Å². The molecular weight excluding hydrogens is 286 g/mol. The summed E-state index contributed by atoms with van der Waals surface area (Å²) in [6, 6.07) is 3.93. The number of benzene rings is 1. The maximum absolute atomic E-state index is 5.95. The highest BCUT2D eigenvalue weighted by atomic mass is 79.9. The molecule has 84 valence electrons. The average molecular weight is 298 g/mol. The zero-order valence-electron chi connectivity index (χ0n) is 8.66. The Hall–Kier alpha value is -0.680. The number of rotatable bonds is 1. The molecule has 2 heterocycles. The lowest BCUT2D eigenvalue weighted by atomic mass is 10.2. The minimum atomic E-state index is 0.519. The fourth-order valence-corrected chi connectivity index (χ4v) is 3.77. The van der Waals surface area contributed by atoms with Crippen molar-refractivity contribution in [3.8, 4) is 0 Å². The van der Waals surface area contributed by atoms with Crippen LogP contribution in [0.4, 0.5) is 5.69 Å². The van der Waals surface area contributed by atoms with Crippen molar-refractivity contribution in [3.05, 3.63) is 22.4 Å². The number of thioether (sulfide) groups is 1. The quantitative estimate of drug-likeness (QED) is 0.793. The fraction of sp³-hybridized carbons (Fsp3) is 0.364. The maximum Gasteiger partial charge on any atom is 0.120 e. The van der Waals surface area contributed by atoms with Crippen LogP contribution in [-0.2, 0) is 0 Å². The van der Waals surface area contributed by atoms with Crippen LogP contribution in [0.1, 0.15) is 23.9 Å². The van der Waals surface area contributed by atoms with Gasteiger partial charge in [-0.1, -0.05) is 15.9 Å². The lowest BCUT2D eigenvalue weighted by Gasteiger charge is -2.02. The van der Waals surface area contributed by atoms with Gasteiger partial charge in [0.15, 0.2) is 0 Å². The SMILES string of the molecule is Nc1cc(Br)cc2[nH]c(C3CCCS3)nc12. The van der Waals surface area contributed by atoms with Gasteiger partial charge in [-0.15, -0.1) is 0 Å². The summed E-state index contributed by atoms with van der Waals surface area (Å²) < 4.78 is 0.992. The van der Waals surface area contributed by atoms with Gasteiger partial charge in [-0.2, -0.15) is 11.8 Å². The number of halogens is 1. The van der Waals surface area contributed by atoms with Crippen LogP contribution in [0, 0.1) is 0 Å². The number of nitrogen functional groups attached to an aromatic ring is 1. The van der Waals surface area contributed by atoms with E-state index in [4.69, 9.17) is 5.73 Å². The number of nitrogens with zero attached hydrogens (tertiary/aromatic N) is 1. The Labute approximate surface area is 106 Å². The first-order valence-electron chi connectivity index (χ1n) is 5.30. The molecule has 2 aromatic rings. The lowest BCUT2D eigenvalue weighted by Crippen LogP contribution is -1.91. The molecule has 1 saturated heterocycles. The third-order valence-corrected chi connectivity index (χ3v) is 4.68. The highest BCUT2D eigenvalue weighted by Gasteiger charge is 2.21. The van der Waals surface area contributed by atoms with E-state index in [0.717, 1.165) is 27.0 Å². The molecule has 0 spiro atoms. The van der Waals surface area contributed by atoms with Gasteiger partial charge in [-0.25, -0.2) is 4.98 Å². The molecule has 0 radical (unpaired) electrons. The molecule has 16 heavy (non-hydrogen) atoms. The molecule has 1 fully saturated rings.